The molecule has 0 radical (unpaired) electrons. The molecule has 0 atom stereocenters. The predicted molar refractivity (Wildman–Crippen MR) is 136 cm³/mol. The van der Waals surface area contributed by atoms with Gasteiger partial charge in [-0.2, -0.15) is 5.10 Å². The monoisotopic (exact) mass is 498 g/mol. The van der Waals surface area contributed by atoms with Gasteiger partial charge in [-0.05, 0) is 66.1 Å². The standard InChI is InChI=1S/C26H24ClFN2O3S/c1-3-4-20-13-19(15-29-30-25(31)17-34-23-11-7-21(27)8-12-23)14-24(32-2)26(20)33-16-18-5-9-22(28)10-6-18/h3,5-15H,1,4,16-17H2,2H3,(H,30,31)/b29-15-. The highest BCUT2D eigenvalue weighted by Crippen LogP contribution is 2.34. The van der Waals surface area contributed by atoms with E-state index in [9.17, 15) is 9.18 Å². The van der Waals surface area contributed by atoms with Crippen LogP contribution >= 0.6 is 23.4 Å². The van der Waals surface area contributed by atoms with Crippen molar-refractivity contribution >= 4 is 35.5 Å². The third kappa shape index (κ3) is 7.64. The van der Waals surface area contributed by atoms with Gasteiger partial charge in [0.15, 0.2) is 11.5 Å². The second-order valence-corrected chi connectivity index (χ2v) is 8.64. The highest BCUT2D eigenvalue weighted by atomic mass is 35.5. The molecule has 1 amide bonds. The van der Waals surface area contributed by atoms with Gasteiger partial charge in [-0.25, -0.2) is 9.82 Å². The summed E-state index contributed by atoms with van der Waals surface area (Å²) in [5.74, 6) is 0.793. The number of hydrogen-bond donors (Lipinski definition) is 1. The molecule has 0 bridgehead atoms. The maximum absolute atomic E-state index is 13.1. The maximum Gasteiger partial charge on any atom is 0.250 e. The minimum Gasteiger partial charge on any atom is -0.493 e. The molecule has 1 N–H and O–H groups in total. The van der Waals surface area contributed by atoms with Crippen molar-refractivity contribution in [3.8, 4) is 11.5 Å². The van der Waals surface area contributed by atoms with E-state index in [1.165, 1.54) is 23.9 Å². The van der Waals surface area contributed by atoms with Crippen LogP contribution in [0.15, 0.2) is 83.3 Å². The van der Waals surface area contributed by atoms with Gasteiger partial charge in [0.2, 0.25) is 5.91 Å². The lowest BCUT2D eigenvalue weighted by atomic mass is 10.1. The summed E-state index contributed by atoms with van der Waals surface area (Å²) in [5, 5.41) is 4.71. The number of carbonyl (C=O) groups is 1. The molecule has 0 saturated carbocycles. The summed E-state index contributed by atoms with van der Waals surface area (Å²) in [6, 6.07) is 17.1. The van der Waals surface area contributed by atoms with Crippen molar-refractivity contribution in [2.24, 2.45) is 5.10 Å². The van der Waals surface area contributed by atoms with E-state index in [4.69, 9.17) is 21.1 Å². The number of nitrogens with zero attached hydrogens (tertiary/aromatic N) is 1. The van der Waals surface area contributed by atoms with Crippen LogP contribution in [0.1, 0.15) is 16.7 Å². The smallest absolute Gasteiger partial charge is 0.250 e. The number of amides is 1. The molecule has 0 fully saturated rings. The fourth-order valence-corrected chi connectivity index (χ4v) is 3.82. The number of carbonyl (C=O) groups excluding carboxylic acids is 1. The van der Waals surface area contributed by atoms with Gasteiger partial charge in [-0.1, -0.05) is 29.8 Å². The average molecular weight is 499 g/mol. The van der Waals surface area contributed by atoms with Gasteiger partial charge in [0, 0.05) is 15.5 Å². The SMILES string of the molecule is C=CCc1cc(/C=N\NC(=O)CSc2ccc(Cl)cc2)cc(OC)c1OCc1ccc(F)cc1. The van der Waals surface area contributed by atoms with Crippen molar-refractivity contribution in [2.45, 2.75) is 17.9 Å². The van der Waals surface area contributed by atoms with Crippen molar-refractivity contribution in [2.75, 3.05) is 12.9 Å². The first-order valence-electron chi connectivity index (χ1n) is 10.4. The second-order valence-electron chi connectivity index (χ2n) is 7.16. The molecule has 5 nitrogen and oxygen atoms in total. The molecule has 3 aromatic carbocycles. The van der Waals surface area contributed by atoms with Crippen LogP contribution < -0.4 is 14.9 Å². The Hall–Kier alpha value is -3.29. The zero-order valence-electron chi connectivity index (χ0n) is 18.6. The molecule has 8 heteroatoms. The normalized spacial score (nSPS) is 10.8. The first-order chi connectivity index (χ1) is 16.5. The number of thioether (sulfide) groups is 1. The summed E-state index contributed by atoms with van der Waals surface area (Å²) in [6.07, 6.45) is 3.85. The van der Waals surface area contributed by atoms with Crippen molar-refractivity contribution < 1.29 is 18.7 Å². The van der Waals surface area contributed by atoms with Gasteiger partial charge in [0.05, 0.1) is 19.1 Å². The molecule has 0 heterocycles. The zero-order chi connectivity index (χ0) is 24.3. The Morgan fingerprint density at radius 2 is 1.91 bits per heavy atom. The Kier molecular flexibility index (Phi) is 9.55. The van der Waals surface area contributed by atoms with Gasteiger partial charge >= 0.3 is 0 Å². The minimum absolute atomic E-state index is 0.222. The van der Waals surface area contributed by atoms with Crippen LogP contribution in [-0.4, -0.2) is 25.0 Å². The van der Waals surface area contributed by atoms with Crippen LogP contribution in [0.25, 0.3) is 0 Å². The van der Waals surface area contributed by atoms with E-state index in [0.717, 1.165) is 21.6 Å². The first kappa shape index (κ1) is 25.3. The highest BCUT2D eigenvalue weighted by molar-refractivity contribution is 8.00. The zero-order valence-corrected chi connectivity index (χ0v) is 20.2. The molecule has 0 unspecified atom stereocenters. The molecule has 3 aromatic rings. The molecule has 34 heavy (non-hydrogen) atoms. The third-order valence-electron chi connectivity index (χ3n) is 4.62. The lowest BCUT2D eigenvalue weighted by Gasteiger charge is -2.16. The Bertz CT molecular complexity index is 1150. The fraction of sp³-hybridized carbons (Fsp3) is 0.154. The van der Waals surface area contributed by atoms with E-state index in [-0.39, 0.29) is 24.1 Å². The van der Waals surface area contributed by atoms with Gasteiger partial charge in [-0.3, -0.25) is 4.79 Å². The molecule has 0 aromatic heterocycles. The lowest BCUT2D eigenvalue weighted by molar-refractivity contribution is -0.118. The number of hydrazone groups is 1. The van der Waals surface area contributed by atoms with E-state index in [0.29, 0.717) is 22.9 Å². The number of methoxy groups -OCH3 is 1. The minimum atomic E-state index is -0.298. The first-order valence-corrected chi connectivity index (χ1v) is 11.7. The van der Waals surface area contributed by atoms with E-state index in [1.807, 2.05) is 18.2 Å². The highest BCUT2D eigenvalue weighted by Gasteiger charge is 2.13. The summed E-state index contributed by atoms with van der Waals surface area (Å²) in [4.78, 5) is 13.1. The Morgan fingerprint density at radius 3 is 2.59 bits per heavy atom. The molecule has 0 aliphatic carbocycles. The third-order valence-corrected chi connectivity index (χ3v) is 5.89. The fourth-order valence-electron chi connectivity index (χ4n) is 3.01. The van der Waals surface area contributed by atoms with E-state index in [2.05, 4.69) is 17.1 Å². The summed E-state index contributed by atoms with van der Waals surface area (Å²) in [7, 11) is 1.55. The van der Waals surface area contributed by atoms with E-state index in [1.54, 1.807) is 49.7 Å². The average Bonchev–Trinajstić information content (AvgIpc) is 2.84. The molecule has 0 aliphatic rings. The van der Waals surface area contributed by atoms with Crippen molar-refractivity contribution in [1.82, 2.24) is 5.43 Å². The number of allylic oxidation sites excluding steroid dienone is 1. The number of halogens is 2. The number of benzene rings is 3. The summed E-state index contributed by atoms with van der Waals surface area (Å²) >= 11 is 7.26. The van der Waals surface area contributed by atoms with Gasteiger partial charge in [-0.15, -0.1) is 18.3 Å². The van der Waals surface area contributed by atoms with Gasteiger partial charge < -0.3 is 9.47 Å². The second kappa shape index (κ2) is 12.8. The van der Waals surface area contributed by atoms with Crippen LogP contribution in [0.3, 0.4) is 0 Å². The molecule has 3 rings (SSSR count). The number of ether oxygens (including phenoxy) is 2. The topological polar surface area (TPSA) is 59.9 Å². The summed E-state index contributed by atoms with van der Waals surface area (Å²) < 4.78 is 24.7. The van der Waals surface area contributed by atoms with Gasteiger partial charge in [0.25, 0.3) is 0 Å². The van der Waals surface area contributed by atoms with Crippen LogP contribution in [-0.2, 0) is 17.8 Å². The largest absolute Gasteiger partial charge is 0.493 e. The van der Waals surface area contributed by atoms with Crippen LogP contribution in [0, 0.1) is 5.82 Å². The molecule has 176 valence electrons. The quantitative estimate of drug-likeness (QED) is 0.151. The van der Waals surface area contributed by atoms with E-state index >= 15 is 0 Å². The number of rotatable bonds is 11. The number of hydrogen-bond acceptors (Lipinski definition) is 5. The Balaban J connectivity index is 1.65. The van der Waals surface area contributed by atoms with Crippen molar-refractivity contribution in [3.05, 3.63) is 101 Å². The van der Waals surface area contributed by atoms with Gasteiger partial charge in [0.1, 0.15) is 12.4 Å². The Morgan fingerprint density at radius 1 is 1.18 bits per heavy atom. The lowest BCUT2D eigenvalue weighted by Crippen LogP contribution is -2.19. The Labute approximate surface area is 207 Å². The maximum atomic E-state index is 13.1. The summed E-state index contributed by atoms with van der Waals surface area (Å²) in [5.41, 5.74) is 4.94. The predicted octanol–water partition coefficient (Wildman–Crippen LogP) is 6.04. The molecule has 0 saturated heterocycles. The van der Waals surface area contributed by atoms with E-state index < -0.39 is 0 Å². The molecular weight excluding hydrogens is 475 g/mol. The molecule has 0 spiro atoms. The van der Waals surface area contributed by atoms with Crippen LogP contribution in [0.5, 0.6) is 11.5 Å². The molecule has 0 aliphatic heterocycles. The molecular formula is C26H24ClFN2O3S. The van der Waals surface area contributed by atoms with Crippen LogP contribution in [0.2, 0.25) is 5.02 Å². The van der Waals surface area contributed by atoms with Crippen molar-refractivity contribution in [1.29, 1.82) is 0 Å². The number of nitrogens with one attached hydrogen (secondary N) is 1. The summed E-state index contributed by atoms with van der Waals surface area (Å²) in [6.45, 7) is 4.07. The van der Waals surface area contributed by atoms with Crippen LogP contribution in [0.4, 0.5) is 4.39 Å². The van der Waals surface area contributed by atoms with Crippen molar-refractivity contribution in [3.63, 3.8) is 0 Å².